The number of hydrogen-bond acceptors (Lipinski definition) is 6. The Morgan fingerprint density at radius 3 is 1.91 bits per heavy atom. The van der Waals surface area contributed by atoms with Gasteiger partial charge in [-0.05, 0) is 33.7 Å². The highest BCUT2D eigenvalue weighted by atomic mass is 16.4. The minimum absolute atomic E-state index is 0.0174. The molecule has 0 aliphatic carbocycles. The predicted octanol–water partition coefficient (Wildman–Crippen LogP) is 5.57. The molecule has 6 rings (SSSR count). The summed E-state index contributed by atoms with van der Waals surface area (Å²) >= 11 is 0. The molecule has 0 bridgehead atoms. The van der Waals surface area contributed by atoms with Crippen LogP contribution in [0.1, 0.15) is 11.1 Å². The van der Waals surface area contributed by atoms with E-state index in [0.717, 1.165) is 21.5 Å². The number of anilines is 1. The molecule has 0 amide bonds. The number of benzene rings is 4. The second-order valence-corrected chi connectivity index (χ2v) is 8.82. The van der Waals surface area contributed by atoms with Gasteiger partial charge >= 0.3 is 5.63 Å². The molecule has 6 aromatic rings. The fourth-order valence-electron chi connectivity index (χ4n) is 4.82. The largest absolute Gasteiger partial charge is 0.507 e. The first-order chi connectivity index (χ1) is 16.9. The summed E-state index contributed by atoms with van der Waals surface area (Å²) < 4.78 is 11.8. The van der Waals surface area contributed by atoms with Gasteiger partial charge < -0.3 is 18.8 Å². The van der Waals surface area contributed by atoms with E-state index in [1.165, 1.54) is 0 Å². The Bertz CT molecular complexity index is 1910. The van der Waals surface area contributed by atoms with E-state index < -0.39 is 5.63 Å². The quantitative estimate of drug-likeness (QED) is 0.273. The van der Waals surface area contributed by atoms with Crippen molar-refractivity contribution in [2.24, 2.45) is 0 Å². The lowest BCUT2D eigenvalue weighted by Crippen LogP contribution is -2.21. The van der Waals surface area contributed by atoms with E-state index in [2.05, 4.69) is 0 Å². The zero-order valence-corrected chi connectivity index (χ0v) is 19.2. The van der Waals surface area contributed by atoms with E-state index in [-0.39, 0.29) is 28.7 Å². The maximum absolute atomic E-state index is 13.9. The van der Waals surface area contributed by atoms with E-state index in [1.54, 1.807) is 31.1 Å². The molecule has 1 N–H and O–H groups in total. The van der Waals surface area contributed by atoms with Crippen LogP contribution in [0.2, 0.25) is 0 Å². The van der Waals surface area contributed by atoms with Gasteiger partial charge in [0.1, 0.15) is 16.9 Å². The molecule has 0 radical (unpaired) electrons. The van der Waals surface area contributed by atoms with E-state index in [4.69, 9.17) is 8.83 Å². The van der Waals surface area contributed by atoms with Crippen LogP contribution in [0, 0.1) is 0 Å². The summed E-state index contributed by atoms with van der Waals surface area (Å²) in [5, 5.41) is 15.5. The molecule has 0 fully saturated rings. The van der Waals surface area contributed by atoms with Crippen LogP contribution in [-0.4, -0.2) is 19.2 Å². The van der Waals surface area contributed by atoms with Crippen molar-refractivity contribution >= 4 is 49.4 Å². The number of hydrogen-bond donors (Lipinski definition) is 1. The molecular weight excluding hydrogens is 442 g/mol. The molecule has 0 atom stereocenters. The molecule has 6 heteroatoms. The lowest BCUT2D eigenvalue weighted by atomic mass is 9.98. The second-order valence-electron chi connectivity index (χ2n) is 8.82. The normalized spacial score (nSPS) is 11.6. The van der Waals surface area contributed by atoms with Gasteiger partial charge in [0.05, 0.1) is 21.9 Å². The van der Waals surface area contributed by atoms with Crippen molar-refractivity contribution in [3.63, 3.8) is 0 Å². The van der Waals surface area contributed by atoms with Gasteiger partial charge in [-0.3, -0.25) is 4.79 Å². The fraction of sp³-hybridized carbons (Fsp3) is 0.103. The molecular formula is C29H21NO5. The van der Waals surface area contributed by atoms with Gasteiger partial charge in [0.15, 0.2) is 5.43 Å². The summed E-state index contributed by atoms with van der Waals surface area (Å²) in [5.74, 6) is 0.143. The van der Waals surface area contributed by atoms with Crippen LogP contribution in [0.5, 0.6) is 5.75 Å². The summed E-state index contributed by atoms with van der Waals surface area (Å²) in [6.45, 7) is 0. The molecule has 0 unspecified atom stereocenters. The Morgan fingerprint density at radius 1 is 0.714 bits per heavy atom. The van der Waals surface area contributed by atoms with Crippen molar-refractivity contribution in [2.75, 3.05) is 19.0 Å². The lowest BCUT2D eigenvalue weighted by molar-refractivity contribution is 0.459. The third kappa shape index (κ3) is 3.18. The SMILES string of the molecule is CN(C)c1oc2ccc3ccccc3c2c(=O)c1Cc1c(O)c2c(ccc3ccccc32)oc1=O. The van der Waals surface area contributed by atoms with Crippen LogP contribution < -0.4 is 16.0 Å². The highest BCUT2D eigenvalue weighted by Gasteiger charge is 2.23. The second kappa shape index (κ2) is 7.74. The van der Waals surface area contributed by atoms with Gasteiger partial charge in [-0.15, -0.1) is 0 Å². The van der Waals surface area contributed by atoms with Crippen LogP contribution in [0.15, 0.2) is 91.2 Å². The van der Waals surface area contributed by atoms with Gasteiger partial charge in [0.25, 0.3) is 0 Å². The maximum atomic E-state index is 13.9. The Kier molecular flexibility index (Phi) is 4.64. The average Bonchev–Trinajstić information content (AvgIpc) is 2.86. The van der Waals surface area contributed by atoms with Crippen LogP contribution in [0.25, 0.3) is 43.5 Å². The zero-order valence-electron chi connectivity index (χ0n) is 19.2. The number of fused-ring (bicyclic) bond motifs is 6. The minimum Gasteiger partial charge on any atom is -0.507 e. The van der Waals surface area contributed by atoms with E-state index in [0.29, 0.717) is 27.8 Å². The molecule has 172 valence electrons. The molecule has 4 aromatic carbocycles. The summed E-state index contributed by atoms with van der Waals surface area (Å²) in [4.78, 5) is 28.6. The van der Waals surface area contributed by atoms with Crippen LogP contribution in [-0.2, 0) is 6.42 Å². The Balaban J connectivity index is 1.66. The van der Waals surface area contributed by atoms with Crippen molar-refractivity contribution < 1.29 is 13.9 Å². The third-order valence-electron chi connectivity index (χ3n) is 6.48. The maximum Gasteiger partial charge on any atom is 0.343 e. The van der Waals surface area contributed by atoms with Crippen molar-refractivity contribution in [1.29, 1.82) is 0 Å². The first-order valence-corrected chi connectivity index (χ1v) is 11.2. The minimum atomic E-state index is -0.688. The van der Waals surface area contributed by atoms with Gasteiger partial charge in [0.2, 0.25) is 5.88 Å². The molecule has 0 saturated carbocycles. The van der Waals surface area contributed by atoms with Crippen molar-refractivity contribution in [2.45, 2.75) is 6.42 Å². The van der Waals surface area contributed by atoms with E-state index in [9.17, 15) is 14.7 Å². The molecule has 2 heterocycles. The fourth-order valence-corrected chi connectivity index (χ4v) is 4.82. The highest BCUT2D eigenvalue weighted by molar-refractivity contribution is 6.09. The Hall–Kier alpha value is -4.58. The zero-order chi connectivity index (χ0) is 24.3. The van der Waals surface area contributed by atoms with Crippen LogP contribution in [0.3, 0.4) is 0 Å². The Morgan fingerprint density at radius 2 is 1.29 bits per heavy atom. The molecule has 35 heavy (non-hydrogen) atoms. The lowest BCUT2D eigenvalue weighted by Gasteiger charge is -2.17. The summed E-state index contributed by atoms with van der Waals surface area (Å²) in [6.07, 6.45) is -0.137. The predicted molar refractivity (Wildman–Crippen MR) is 139 cm³/mol. The molecule has 0 spiro atoms. The number of nitrogens with zero attached hydrogens (tertiary/aromatic N) is 1. The Labute approximate surface area is 199 Å². The van der Waals surface area contributed by atoms with Crippen LogP contribution >= 0.6 is 0 Å². The number of aromatic hydroxyl groups is 1. The van der Waals surface area contributed by atoms with Crippen molar-refractivity contribution in [1.82, 2.24) is 0 Å². The molecule has 6 nitrogen and oxygen atoms in total. The van der Waals surface area contributed by atoms with Gasteiger partial charge in [-0.25, -0.2) is 4.79 Å². The van der Waals surface area contributed by atoms with Gasteiger partial charge in [-0.2, -0.15) is 0 Å². The summed E-state index contributed by atoms with van der Waals surface area (Å²) in [6, 6.07) is 22.3. The summed E-state index contributed by atoms with van der Waals surface area (Å²) in [7, 11) is 3.54. The molecule has 0 saturated heterocycles. The third-order valence-corrected chi connectivity index (χ3v) is 6.48. The van der Waals surface area contributed by atoms with Gasteiger partial charge in [0, 0.05) is 20.5 Å². The van der Waals surface area contributed by atoms with Crippen LogP contribution in [0.4, 0.5) is 5.88 Å². The highest BCUT2D eigenvalue weighted by Crippen LogP contribution is 2.35. The average molecular weight is 463 g/mol. The smallest absolute Gasteiger partial charge is 0.343 e. The molecule has 0 aliphatic heterocycles. The van der Waals surface area contributed by atoms with Gasteiger partial charge in [-0.1, -0.05) is 60.7 Å². The molecule has 2 aromatic heterocycles. The monoisotopic (exact) mass is 463 g/mol. The van der Waals surface area contributed by atoms with Crippen molar-refractivity contribution in [3.05, 3.63) is 105 Å². The van der Waals surface area contributed by atoms with Crippen molar-refractivity contribution in [3.8, 4) is 5.75 Å². The van der Waals surface area contributed by atoms with E-state index in [1.807, 2.05) is 60.7 Å². The summed E-state index contributed by atoms with van der Waals surface area (Å²) in [5.41, 5.74) is 0.113. The molecule has 0 aliphatic rings. The van der Waals surface area contributed by atoms with E-state index >= 15 is 0 Å². The standard InChI is InChI=1S/C29H21NO5/c1-30(2)28-20(26(31)24-18-9-5-3-7-16(18)11-13-22(24)34-28)15-21-27(32)25-19-10-6-4-8-17(19)12-14-23(25)35-29(21)33/h3-14,32H,15H2,1-2H3. The first-order valence-electron chi connectivity index (χ1n) is 11.2. The topological polar surface area (TPSA) is 83.9 Å². The number of rotatable bonds is 3. The first kappa shape index (κ1) is 21.0.